The SMILES string of the molecule is NC(=O)c1cc(Cl)ccc1OC1CCC(CO)CC1. The molecule has 0 aliphatic heterocycles. The molecule has 0 heterocycles. The van der Waals surface area contributed by atoms with Crippen LogP contribution >= 0.6 is 11.6 Å². The highest BCUT2D eigenvalue weighted by molar-refractivity contribution is 6.31. The van der Waals surface area contributed by atoms with Crippen molar-refractivity contribution in [2.45, 2.75) is 31.8 Å². The Morgan fingerprint density at radius 2 is 2.05 bits per heavy atom. The molecule has 0 spiro atoms. The van der Waals surface area contributed by atoms with Gasteiger partial charge in [0.2, 0.25) is 0 Å². The maximum atomic E-state index is 11.4. The summed E-state index contributed by atoms with van der Waals surface area (Å²) in [5.74, 6) is 0.326. The summed E-state index contributed by atoms with van der Waals surface area (Å²) in [4.78, 5) is 11.4. The number of ether oxygens (including phenoxy) is 1. The first-order valence-electron chi connectivity index (χ1n) is 6.47. The molecule has 19 heavy (non-hydrogen) atoms. The number of aliphatic hydroxyl groups is 1. The number of carbonyl (C=O) groups is 1. The summed E-state index contributed by atoms with van der Waals surface area (Å²) in [7, 11) is 0. The van der Waals surface area contributed by atoms with Gasteiger partial charge in [-0.05, 0) is 49.8 Å². The average molecular weight is 284 g/mol. The van der Waals surface area contributed by atoms with Crippen LogP contribution in [-0.2, 0) is 0 Å². The van der Waals surface area contributed by atoms with Crippen LogP contribution in [0, 0.1) is 5.92 Å². The van der Waals surface area contributed by atoms with Crippen molar-refractivity contribution in [3.8, 4) is 5.75 Å². The predicted molar refractivity (Wildman–Crippen MR) is 73.4 cm³/mol. The molecule has 3 N–H and O–H groups in total. The molecule has 4 nitrogen and oxygen atoms in total. The lowest BCUT2D eigenvalue weighted by atomic mass is 9.88. The van der Waals surface area contributed by atoms with Crippen LogP contribution in [0.1, 0.15) is 36.0 Å². The van der Waals surface area contributed by atoms with Gasteiger partial charge in [0.05, 0.1) is 11.7 Å². The standard InChI is InChI=1S/C14H18ClNO3/c15-10-3-6-13(12(7-10)14(16)18)19-11-4-1-9(8-17)2-5-11/h3,6-7,9,11,17H,1-2,4-5,8H2,(H2,16,18). The monoisotopic (exact) mass is 283 g/mol. The molecule has 104 valence electrons. The summed E-state index contributed by atoms with van der Waals surface area (Å²) in [6.07, 6.45) is 3.72. The lowest BCUT2D eigenvalue weighted by Gasteiger charge is -2.28. The molecule has 0 unspecified atom stereocenters. The molecule has 1 aromatic carbocycles. The van der Waals surface area contributed by atoms with Crippen LogP contribution < -0.4 is 10.5 Å². The Morgan fingerprint density at radius 1 is 1.37 bits per heavy atom. The van der Waals surface area contributed by atoms with Crippen molar-refractivity contribution in [1.29, 1.82) is 0 Å². The van der Waals surface area contributed by atoms with Crippen molar-refractivity contribution in [3.63, 3.8) is 0 Å². The zero-order valence-corrected chi connectivity index (χ0v) is 11.4. The summed E-state index contributed by atoms with van der Waals surface area (Å²) in [6.45, 7) is 0.236. The Hall–Kier alpha value is -1.26. The number of hydrogen-bond donors (Lipinski definition) is 2. The number of rotatable bonds is 4. The number of benzene rings is 1. The van der Waals surface area contributed by atoms with E-state index in [1.54, 1.807) is 12.1 Å². The maximum absolute atomic E-state index is 11.4. The van der Waals surface area contributed by atoms with Gasteiger partial charge >= 0.3 is 0 Å². The third-order valence-electron chi connectivity index (χ3n) is 3.55. The quantitative estimate of drug-likeness (QED) is 0.891. The molecule has 1 fully saturated rings. The molecule has 0 saturated heterocycles. The van der Waals surface area contributed by atoms with E-state index in [9.17, 15) is 4.79 Å². The first-order chi connectivity index (χ1) is 9.10. The predicted octanol–water partition coefficient (Wildman–Crippen LogP) is 2.37. The van der Waals surface area contributed by atoms with Gasteiger partial charge in [0, 0.05) is 11.6 Å². The molecule has 0 atom stereocenters. The van der Waals surface area contributed by atoms with Gasteiger partial charge in [-0.1, -0.05) is 11.6 Å². The number of amides is 1. The minimum atomic E-state index is -0.540. The first kappa shape index (κ1) is 14.2. The Balaban J connectivity index is 2.05. The van der Waals surface area contributed by atoms with Crippen LogP contribution in [-0.4, -0.2) is 23.7 Å². The Kier molecular flexibility index (Phi) is 4.66. The van der Waals surface area contributed by atoms with Crippen molar-refractivity contribution in [2.75, 3.05) is 6.61 Å². The van der Waals surface area contributed by atoms with E-state index in [1.165, 1.54) is 6.07 Å². The summed E-state index contributed by atoms with van der Waals surface area (Å²) in [5.41, 5.74) is 5.64. The van der Waals surface area contributed by atoms with E-state index in [0.29, 0.717) is 22.3 Å². The van der Waals surface area contributed by atoms with Crippen molar-refractivity contribution >= 4 is 17.5 Å². The van der Waals surface area contributed by atoms with Gasteiger partial charge in [0.25, 0.3) is 5.91 Å². The number of halogens is 1. The molecule has 1 aromatic rings. The second-order valence-electron chi connectivity index (χ2n) is 4.95. The maximum Gasteiger partial charge on any atom is 0.252 e. The van der Waals surface area contributed by atoms with E-state index in [4.69, 9.17) is 27.2 Å². The molecule has 1 saturated carbocycles. The van der Waals surface area contributed by atoms with Crippen molar-refractivity contribution in [2.24, 2.45) is 11.7 Å². The van der Waals surface area contributed by atoms with E-state index in [1.807, 2.05) is 0 Å². The van der Waals surface area contributed by atoms with Crippen LogP contribution in [0.2, 0.25) is 5.02 Å². The smallest absolute Gasteiger partial charge is 0.252 e. The van der Waals surface area contributed by atoms with Crippen LogP contribution in [0.5, 0.6) is 5.75 Å². The second kappa shape index (κ2) is 6.26. The van der Waals surface area contributed by atoms with Crippen molar-refractivity contribution in [3.05, 3.63) is 28.8 Å². The summed E-state index contributed by atoms with van der Waals surface area (Å²) < 4.78 is 5.85. The molecule has 5 heteroatoms. The van der Waals surface area contributed by atoms with E-state index < -0.39 is 5.91 Å². The minimum absolute atomic E-state index is 0.0714. The summed E-state index contributed by atoms with van der Waals surface area (Å²) in [6, 6.07) is 4.89. The van der Waals surface area contributed by atoms with Gasteiger partial charge < -0.3 is 15.6 Å². The normalized spacial score (nSPS) is 23.1. The zero-order chi connectivity index (χ0) is 13.8. The molecule has 0 aromatic heterocycles. The number of primary amides is 1. The van der Waals surface area contributed by atoms with Crippen LogP contribution in [0.25, 0.3) is 0 Å². The van der Waals surface area contributed by atoms with Crippen LogP contribution in [0.15, 0.2) is 18.2 Å². The van der Waals surface area contributed by atoms with E-state index in [2.05, 4.69) is 0 Å². The Labute approximate surface area is 117 Å². The molecular formula is C14H18ClNO3. The third kappa shape index (κ3) is 3.61. The summed E-state index contributed by atoms with van der Waals surface area (Å²) in [5, 5.41) is 9.56. The average Bonchev–Trinajstić information content (AvgIpc) is 2.41. The Bertz CT molecular complexity index is 456. The topological polar surface area (TPSA) is 72.6 Å². The molecule has 1 amide bonds. The van der Waals surface area contributed by atoms with Gasteiger partial charge in [-0.15, -0.1) is 0 Å². The minimum Gasteiger partial charge on any atom is -0.490 e. The molecule has 0 radical (unpaired) electrons. The summed E-state index contributed by atoms with van der Waals surface area (Å²) >= 11 is 5.85. The van der Waals surface area contributed by atoms with Crippen LogP contribution in [0.3, 0.4) is 0 Å². The van der Waals surface area contributed by atoms with Gasteiger partial charge in [-0.25, -0.2) is 0 Å². The third-order valence-corrected chi connectivity index (χ3v) is 3.79. The van der Waals surface area contributed by atoms with Crippen LogP contribution in [0.4, 0.5) is 0 Å². The van der Waals surface area contributed by atoms with E-state index in [-0.39, 0.29) is 12.7 Å². The lowest BCUT2D eigenvalue weighted by molar-refractivity contribution is 0.0953. The van der Waals surface area contributed by atoms with Gasteiger partial charge in [-0.3, -0.25) is 4.79 Å². The molecule has 1 aliphatic carbocycles. The largest absolute Gasteiger partial charge is 0.490 e. The van der Waals surface area contributed by atoms with Gasteiger partial charge in [-0.2, -0.15) is 0 Å². The fraction of sp³-hybridized carbons (Fsp3) is 0.500. The molecular weight excluding hydrogens is 266 g/mol. The van der Waals surface area contributed by atoms with Gasteiger partial charge in [0.15, 0.2) is 0 Å². The van der Waals surface area contributed by atoms with Gasteiger partial charge in [0.1, 0.15) is 5.75 Å². The first-order valence-corrected chi connectivity index (χ1v) is 6.85. The fourth-order valence-corrected chi connectivity index (χ4v) is 2.58. The fourth-order valence-electron chi connectivity index (χ4n) is 2.41. The lowest BCUT2D eigenvalue weighted by Crippen LogP contribution is -2.26. The van der Waals surface area contributed by atoms with E-state index >= 15 is 0 Å². The van der Waals surface area contributed by atoms with Crippen molar-refractivity contribution in [1.82, 2.24) is 0 Å². The molecule has 2 rings (SSSR count). The Morgan fingerprint density at radius 3 is 2.63 bits per heavy atom. The van der Waals surface area contributed by atoms with Crippen molar-refractivity contribution < 1.29 is 14.6 Å². The highest BCUT2D eigenvalue weighted by Gasteiger charge is 2.23. The van der Waals surface area contributed by atoms with E-state index in [0.717, 1.165) is 25.7 Å². The molecule has 0 bridgehead atoms. The molecule has 1 aliphatic rings. The number of carbonyl (C=O) groups excluding carboxylic acids is 1. The highest BCUT2D eigenvalue weighted by Crippen LogP contribution is 2.30. The number of hydrogen-bond acceptors (Lipinski definition) is 3. The number of nitrogens with two attached hydrogens (primary N) is 1. The second-order valence-corrected chi connectivity index (χ2v) is 5.38. The number of aliphatic hydroxyl groups excluding tert-OH is 1. The zero-order valence-electron chi connectivity index (χ0n) is 10.6. The highest BCUT2D eigenvalue weighted by atomic mass is 35.5.